The molecule has 1 heterocycles. The lowest BCUT2D eigenvalue weighted by Crippen LogP contribution is -2.18. The number of hydrogen-bond donors (Lipinski definition) is 1. The van der Waals surface area contributed by atoms with E-state index in [9.17, 15) is 0 Å². The Morgan fingerprint density at radius 3 is 2.70 bits per heavy atom. The number of pyridine rings is 1. The van der Waals surface area contributed by atoms with E-state index in [1.807, 2.05) is 44.4 Å². The molecular weight excluding hydrogens is 340 g/mol. The Morgan fingerprint density at radius 2 is 2.05 bits per heavy atom. The van der Waals surface area contributed by atoms with E-state index in [2.05, 4.69) is 26.2 Å². The van der Waals surface area contributed by atoms with Gasteiger partial charge in [-0.15, -0.1) is 0 Å². The van der Waals surface area contributed by atoms with Crippen molar-refractivity contribution in [3.05, 3.63) is 57.3 Å². The van der Waals surface area contributed by atoms with Gasteiger partial charge in [0.1, 0.15) is 5.75 Å². The lowest BCUT2D eigenvalue weighted by Gasteiger charge is -2.18. The van der Waals surface area contributed by atoms with Gasteiger partial charge in [0.2, 0.25) is 0 Å². The highest BCUT2D eigenvalue weighted by molar-refractivity contribution is 9.10. The molecule has 0 fully saturated rings. The molecule has 2 aromatic rings. The fourth-order valence-corrected chi connectivity index (χ4v) is 2.99. The van der Waals surface area contributed by atoms with Gasteiger partial charge in [-0.1, -0.05) is 27.5 Å². The molecule has 0 aliphatic rings. The molecule has 1 aromatic heterocycles. The summed E-state index contributed by atoms with van der Waals surface area (Å²) in [5.74, 6) is 0.770. The van der Waals surface area contributed by atoms with Crippen LogP contribution in [0.25, 0.3) is 0 Å². The number of hydrogen-bond acceptors (Lipinski definition) is 3. The smallest absolute Gasteiger partial charge is 0.137 e. The van der Waals surface area contributed by atoms with Gasteiger partial charge in [0, 0.05) is 15.7 Å². The third kappa shape index (κ3) is 3.72. The second-order valence-corrected chi connectivity index (χ2v) is 5.66. The minimum Gasteiger partial charge on any atom is -0.492 e. The third-order valence-corrected chi connectivity index (χ3v) is 3.56. The summed E-state index contributed by atoms with van der Waals surface area (Å²) in [7, 11) is 1.91. The Balaban J connectivity index is 2.38. The van der Waals surface area contributed by atoms with Crippen LogP contribution in [0.2, 0.25) is 5.02 Å². The molecule has 20 heavy (non-hydrogen) atoms. The molecule has 106 valence electrons. The number of rotatable bonds is 5. The van der Waals surface area contributed by atoms with Gasteiger partial charge in [0.15, 0.2) is 0 Å². The van der Waals surface area contributed by atoms with Crippen molar-refractivity contribution in [3.63, 3.8) is 0 Å². The summed E-state index contributed by atoms with van der Waals surface area (Å²) in [6.07, 6.45) is 3.55. The van der Waals surface area contributed by atoms with E-state index in [0.717, 1.165) is 21.3 Å². The summed E-state index contributed by atoms with van der Waals surface area (Å²) in [5, 5.41) is 3.98. The second kappa shape index (κ2) is 7.07. The summed E-state index contributed by atoms with van der Waals surface area (Å²) in [4.78, 5) is 4.23. The molecule has 0 saturated carbocycles. The van der Waals surface area contributed by atoms with Gasteiger partial charge < -0.3 is 10.1 Å². The van der Waals surface area contributed by atoms with Crippen molar-refractivity contribution in [1.82, 2.24) is 10.3 Å². The molecule has 2 rings (SSSR count). The standard InChI is InChI=1S/C15H16BrClN2O/c1-3-20-14-6-11(8-19-9-14)15(18-2)10-4-12(16)7-13(17)5-10/h4-9,15,18H,3H2,1-2H3. The highest BCUT2D eigenvalue weighted by Crippen LogP contribution is 2.28. The number of ether oxygens (including phenoxy) is 1. The Morgan fingerprint density at radius 1 is 1.25 bits per heavy atom. The van der Waals surface area contributed by atoms with Crippen LogP contribution < -0.4 is 10.1 Å². The molecule has 1 unspecified atom stereocenters. The SMILES string of the molecule is CCOc1cncc(C(NC)c2cc(Cl)cc(Br)c2)c1. The highest BCUT2D eigenvalue weighted by Gasteiger charge is 2.14. The van der Waals surface area contributed by atoms with Crippen LogP contribution in [0.4, 0.5) is 0 Å². The van der Waals surface area contributed by atoms with Gasteiger partial charge in [0.25, 0.3) is 0 Å². The molecule has 5 heteroatoms. The fraction of sp³-hybridized carbons (Fsp3) is 0.267. The zero-order chi connectivity index (χ0) is 14.5. The van der Waals surface area contributed by atoms with Gasteiger partial charge in [-0.3, -0.25) is 4.98 Å². The summed E-state index contributed by atoms with van der Waals surface area (Å²) >= 11 is 9.59. The number of benzene rings is 1. The van der Waals surface area contributed by atoms with E-state index in [0.29, 0.717) is 11.6 Å². The lowest BCUT2D eigenvalue weighted by atomic mass is 10.0. The lowest BCUT2D eigenvalue weighted by molar-refractivity contribution is 0.338. The van der Waals surface area contributed by atoms with E-state index < -0.39 is 0 Å². The van der Waals surface area contributed by atoms with Crippen LogP contribution in [0.15, 0.2) is 41.1 Å². The zero-order valence-corrected chi connectivity index (χ0v) is 13.7. The predicted octanol–water partition coefficient (Wildman–Crippen LogP) is 4.21. The zero-order valence-electron chi connectivity index (χ0n) is 11.4. The monoisotopic (exact) mass is 354 g/mol. The Hall–Kier alpha value is -1.10. The van der Waals surface area contributed by atoms with E-state index in [4.69, 9.17) is 16.3 Å². The van der Waals surface area contributed by atoms with Crippen LogP contribution in [0.3, 0.4) is 0 Å². The van der Waals surface area contributed by atoms with Gasteiger partial charge in [-0.05, 0) is 49.4 Å². The Bertz CT molecular complexity index is 572. The van der Waals surface area contributed by atoms with E-state index in [1.54, 1.807) is 6.20 Å². The third-order valence-electron chi connectivity index (χ3n) is 2.89. The normalized spacial score (nSPS) is 12.2. The van der Waals surface area contributed by atoms with Gasteiger partial charge in [0.05, 0.1) is 18.8 Å². The van der Waals surface area contributed by atoms with Crippen LogP contribution in [0.5, 0.6) is 5.75 Å². The van der Waals surface area contributed by atoms with Crippen LogP contribution in [0, 0.1) is 0 Å². The van der Waals surface area contributed by atoms with Crippen LogP contribution >= 0.6 is 27.5 Å². The minimum absolute atomic E-state index is 0.0120. The number of nitrogens with zero attached hydrogens (tertiary/aromatic N) is 1. The maximum Gasteiger partial charge on any atom is 0.137 e. The minimum atomic E-state index is 0.0120. The number of nitrogens with one attached hydrogen (secondary N) is 1. The second-order valence-electron chi connectivity index (χ2n) is 4.31. The number of halogens is 2. The van der Waals surface area contributed by atoms with E-state index in [-0.39, 0.29) is 6.04 Å². The largest absolute Gasteiger partial charge is 0.492 e. The first-order valence-electron chi connectivity index (χ1n) is 6.35. The molecule has 0 saturated heterocycles. The van der Waals surface area contributed by atoms with E-state index in [1.165, 1.54) is 0 Å². The summed E-state index contributed by atoms with van der Waals surface area (Å²) in [6.45, 7) is 2.58. The molecule has 0 aliphatic carbocycles. The summed E-state index contributed by atoms with van der Waals surface area (Å²) in [6, 6.07) is 7.86. The molecule has 1 aromatic carbocycles. The highest BCUT2D eigenvalue weighted by atomic mass is 79.9. The van der Waals surface area contributed by atoms with Crippen molar-refractivity contribution in [2.45, 2.75) is 13.0 Å². The summed E-state index contributed by atoms with van der Waals surface area (Å²) < 4.78 is 6.45. The van der Waals surface area contributed by atoms with Crippen molar-refractivity contribution >= 4 is 27.5 Å². The van der Waals surface area contributed by atoms with Crippen molar-refractivity contribution < 1.29 is 4.74 Å². The quantitative estimate of drug-likeness (QED) is 0.872. The van der Waals surface area contributed by atoms with E-state index >= 15 is 0 Å². The molecule has 0 aliphatic heterocycles. The maximum atomic E-state index is 6.12. The van der Waals surface area contributed by atoms with Crippen LogP contribution in [-0.2, 0) is 0 Å². The average Bonchev–Trinajstić information content (AvgIpc) is 2.39. The maximum absolute atomic E-state index is 6.12. The average molecular weight is 356 g/mol. The Kier molecular flexibility index (Phi) is 5.40. The first kappa shape index (κ1) is 15.3. The van der Waals surface area contributed by atoms with Gasteiger partial charge in [-0.2, -0.15) is 0 Å². The van der Waals surface area contributed by atoms with Gasteiger partial charge >= 0.3 is 0 Å². The van der Waals surface area contributed by atoms with Crippen molar-refractivity contribution in [2.24, 2.45) is 0 Å². The molecule has 0 amide bonds. The Labute approximate surface area is 132 Å². The molecule has 0 radical (unpaired) electrons. The topological polar surface area (TPSA) is 34.1 Å². The van der Waals surface area contributed by atoms with Crippen molar-refractivity contribution in [1.29, 1.82) is 0 Å². The van der Waals surface area contributed by atoms with Crippen LogP contribution in [-0.4, -0.2) is 18.6 Å². The first-order chi connectivity index (χ1) is 9.63. The fourth-order valence-electron chi connectivity index (χ4n) is 2.11. The molecule has 0 spiro atoms. The summed E-state index contributed by atoms with van der Waals surface area (Å²) in [5.41, 5.74) is 2.11. The molecule has 3 nitrogen and oxygen atoms in total. The first-order valence-corrected chi connectivity index (χ1v) is 7.52. The van der Waals surface area contributed by atoms with Gasteiger partial charge in [-0.25, -0.2) is 0 Å². The van der Waals surface area contributed by atoms with Crippen molar-refractivity contribution in [2.75, 3.05) is 13.7 Å². The molecule has 1 N–H and O–H groups in total. The molecular formula is C15H16BrClN2O. The molecule has 0 bridgehead atoms. The molecule has 1 atom stereocenters. The number of aromatic nitrogens is 1. The predicted molar refractivity (Wildman–Crippen MR) is 85.5 cm³/mol. The van der Waals surface area contributed by atoms with Crippen LogP contribution in [0.1, 0.15) is 24.1 Å². The van der Waals surface area contributed by atoms with Crippen molar-refractivity contribution in [3.8, 4) is 5.75 Å².